The molecule has 0 radical (unpaired) electrons. The van der Waals surface area contributed by atoms with Crippen LogP contribution >= 0.6 is 23.2 Å². The van der Waals surface area contributed by atoms with Crippen LogP contribution in [0.1, 0.15) is 12.5 Å². The van der Waals surface area contributed by atoms with E-state index >= 15 is 0 Å². The van der Waals surface area contributed by atoms with Crippen molar-refractivity contribution in [3.05, 3.63) is 64.1 Å². The number of hydrogen-bond acceptors (Lipinski definition) is 3. The van der Waals surface area contributed by atoms with E-state index in [1.54, 1.807) is 31.2 Å². The van der Waals surface area contributed by atoms with Crippen LogP contribution in [0.4, 0.5) is 0 Å². The minimum atomic E-state index is -0.685. The fourth-order valence-electron chi connectivity index (χ4n) is 2.33. The molecule has 0 bridgehead atoms. The quantitative estimate of drug-likeness (QED) is 0.732. The van der Waals surface area contributed by atoms with Crippen molar-refractivity contribution in [1.29, 1.82) is 0 Å². The summed E-state index contributed by atoms with van der Waals surface area (Å²) < 4.78 is 5.58. The number of halogens is 2. The topological polar surface area (TPSA) is 58.6 Å². The lowest BCUT2D eigenvalue weighted by atomic mass is 10.00. The van der Waals surface area contributed by atoms with Gasteiger partial charge in [-0.15, -0.1) is 0 Å². The number of carbonyl (C=O) groups excluding carboxylic acids is 1. The highest BCUT2D eigenvalue weighted by Gasteiger charge is 2.17. The van der Waals surface area contributed by atoms with E-state index in [2.05, 4.69) is 5.32 Å². The lowest BCUT2D eigenvalue weighted by Gasteiger charge is -2.19. The first-order valence-corrected chi connectivity index (χ1v) is 8.79. The van der Waals surface area contributed by atoms with Crippen LogP contribution in [0.5, 0.6) is 5.75 Å². The molecule has 2 aromatic rings. The number of amides is 1. The number of carbonyl (C=O) groups is 1. The second-order valence-corrected chi connectivity index (χ2v) is 6.66. The molecule has 25 heavy (non-hydrogen) atoms. The van der Waals surface area contributed by atoms with Gasteiger partial charge in [0.15, 0.2) is 6.10 Å². The Morgan fingerprint density at radius 3 is 2.48 bits per heavy atom. The molecule has 0 aliphatic carbocycles. The predicted octanol–water partition coefficient (Wildman–Crippen LogP) is 3.73. The van der Waals surface area contributed by atoms with Gasteiger partial charge in [0.25, 0.3) is 5.91 Å². The smallest absolute Gasteiger partial charge is 0.260 e. The summed E-state index contributed by atoms with van der Waals surface area (Å²) in [5, 5.41) is 13.5. The molecule has 0 saturated carbocycles. The highest BCUT2D eigenvalue weighted by molar-refractivity contribution is 6.32. The lowest BCUT2D eigenvalue weighted by molar-refractivity contribution is -0.127. The van der Waals surface area contributed by atoms with Crippen LogP contribution in [0.2, 0.25) is 10.0 Å². The molecule has 0 aliphatic heterocycles. The number of aliphatic hydroxyl groups excluding tert-OH is 1. The molecular weight excluding hydrogens is 361 g/mol. The van der Waals surface area contributed by atoms with Crippen molar-refractivity contribution in [1.82, 2.24) is 5.32 Å². The van der Waals surface area contributed by atoms with Gasteiger partial charge in [0.1, 0.15) is 5.75 Å². The number of nitrogens with one attached hydrogen (secondary N) is 1. The van der Waals surface area contributed by atoms with Gasteiger partial charge in [-0.2, -0.15) is 0 Å². The summed E-state index contributed by atoms with van der Waals surface area (Å²) in [6.07, 6.45) is -0.0389. The van der Waals surface area contributed by atoms with Gasteiger partial charge < -0.3 is 15.2 Å². The fourth-order valence-corrected chi connectivity index (χ4v) is 2.63. The van der Waals surface area contributed by atoms with E-state index in [4.69, 9.17) is 27.9 Å². The molecule has 0 aliphatic rings. The van der Waals surface area contributed by atoms with Crippen LogP contribution < -0.4 is 10.1 Å². The Hall–Kier alpha value is -1.75. The van der Waals surface area contributed by atoms with Crippen molar-refractivity contribution in [2.24, 2.45) is 5.92 Å². The van der Waals surface area contributed by atoms with E-state index in [1.807, 2.05) is 24.3 Å². The molecule has 2 rings (SSSR count). The van der Waals surface area contributed by atoms with Crippen molar-refractivity contribution >= 4 is 29.1 Å². The largest absolute Gasteiger partial charge is 0.479 e. The summed E-state index contributed by atoms with van der Waals surface area (Å²) in [6.45, 7) is 1.99. The molecule has 0 aromatic heterocycles. The summed E-state index contributed by atoms with van der Waals surface area (Å²) >= 11 is 11.9. The average Bonchev–Trinajstić information content (AvgIpc) is 2.61. The fraction of sp³-hybridized carbons (Fsp3) is 0.316. The van der Waals surface area contributed by atoms with Crippen LogP contribution in [-0.2, 0) is 11.2 Å². The standard InChI is InChI=1S/C19H21Cl2NO3/c1-13(25-18-5-3-2-4-17(18)21)19(24)22-11-15(12-23)10-14-6-8-16(20)9-7-14/h2-9,13,15,23H,10-12H2,1H3,(H,22,24). The number of para-hydroxylation sites is 1. The van der Waals surface area contributed by atoms with E-state index in [1.165, 1.54) is 0 Å². The third kappa shape index (κ3) is 6.24. The number of aliphatic hydroxyl groups is 1. The zero-order valence-electron chi connectivity index (χ0n) is 13.9. The van der Waals surface area contributed by atoms with Crippen molar-refractivity contribution in [2.45, 2.75) is 19.4 Å². The van der Waals surface area contributed by atoms with Gasteiger partial charge in [-0.05, 0) is 43.2 Å². The first-order chi connectivity index (χ1) is 12.0. The summed E-state index contributed by atoms with van der Waals surface area (Å²) in [6, 6.07) is 14.4. The highest BCUT2D eigenvalue weighted by atomic mass is 35.5. The molecular formula is C19H21Cl2NO3. The van der Waals surface area contributed by atoms with Gasteiger partial charge in [-0.25, -0.2) is 0 Å². The number of hydrogen-bond donors (Lipinski definition) is 2. The van der Waals surface area contributed by atoms with Crippen LogP contribution in [0.15, 0.2) is 48.5 Å². The monoisotopic (exact) mass is 381 g/mol. The minimum Gasteiger partial charge on any atom is -0.479 e. The van der Waals surface area contributed by atoms with Crippen molar-refractivity contribution < 1.29 is 14.6 Å². The van der Waals surface area contributed by atoms with E-state index in [0.717, 1.165) is 5.56 Å². The first-order valence-electron chi connectivity index (χ1n) is 8.03. The van der Waals surface area contributed by atoms with Crippen LogP contribution in [0, 0.1) is 5.92 Å². The van der Waals surface area contributed by atoms with Crippen molar-refractivity contribution in [2.75, 3.05) is 13.2 Å². The SMILES string of the molecule is CC(Oc1ccccc1Cl)C(=O)NCC(CO)Cc1ccc(Cl)cc1. The lowest BCUT2D eigenvalue weighted by Crippen LogP contribution is -2.40. The normalized spacial score (nSPS) is 13.1. The van der Waals surface area contributed by atoms with Gasteiger partial charge in [0.05, 0.1) is 5.02 Å². The van der Waals surface area contributed by atoms with Gasteiger partial charge >= 0.3 is 0 Å². The third-order valence-electron chi connectivity index (χ3n) is 3.77. The van der Waals surface area contributed by atoms with Gasteiger partial charge in [-0.1, -0.05) is 47.5 Å². The summed E-state index contributed by atoms with van der Waals surface area (Å²) in [4.78, 5) is 12.2. The summed E-state index contributed by atoms with van der Waals surface area (Å²) in [5.41, 5.74) is 1.05. The molecule has 2 N–H and O–H groups in total. The van der Waals surface area contributed by atoms with Gasteiger partial charge in [0.2, 0.25) is 0 Å². The molecule has 134 valence electrons. The van der Waals surface area contributed by atoms with E-state index in [0.29, 0.717) is 28.8 Å². The summed E-state index contributed by atoms with van der Waals surface area (Å²) in [5.74, 6) is 0.124. The Kier molecular flexibility index (Phi) is 7.56. The molecule has 1 amide bonds. The Morgan fingerprint density at radius 2 is 1.84 bits per heavy atom. The van der Waals surface area contributed by atoms with E-state index in [9.17, 15) is 9.90 Å². The number of benzene rings is 2. The second-order valence-electron chi connectivity index (χ2n) is 5.81. The number of ether oxygens (including phenoxy) is 1. The van der Waals surface area contributed by atoms with Gasteiger partial charge in [-0.3, -0.25) is 4.79 Å². The minimum absolute atomic E-state index is 0.0251. The molecule has 0 spiro atoms. The molecule has 0 heterocycles. The Balaban J connectivity index is 1.84. The molecule has 6 heteroatoms. The Morgan fingerprint density at radius 1 is 1.16 bits per heavy atom. The van der Waals surface area contributed by atoms with Crippen LogP contribution in [0.25, 0.3) is 0 Å². The molecule has 4 nitrogen and oxygen atoms in total. The highest BCUT2D eigenvalue weighted by Crippen LogP contribution is 2.24. The average molecular weight is 382 g/mol. The summed E-state index contributed by atoms with van der Waals surface area (Å²) in [7, 11) is 0. The maximum atomic E-state index is 12.2. The zero-order chi connectivity index (χ0) is 18.2. The number of rotatable bonds is 8. The van der Waals surface area contributed by atoms with E-state index in [-0.39, 0.29) is 18.4 Å². The zero-order valence-corrected chi connectivity index (χ0v) is 15.4. The van der Waals surface area contributed by atoms with Gasteiger partial charge in [0, 0.05) is 24.1 Å². The Labute approximate surface area is 157 Å². The molecule has 2 atom stereocenters. The maximum Gasteiger partial charge on any atom is 0.260 e. The molecule has 0 saturated heterocycles. The Bertz CT molecular complexity index is 691. The first kappa shape index (κ1) is 19.6. The predicted molar refractivity (Wildman–Crippen MR) is 100 cm³/mol. The van der Waals surface area contributed by atoms with E-state index < -0.39 is 6.10 Å². The molecule has 2 aromatic carbocycles. The van der Waals surface area contributed by atoms with Crippen molar-refractivity contribution in [3.63, 3.8) is 0 Å². The molecule has 0 fully saturated rings. The molecule has 2 unspecified atom stereocenters. The third-order valence-corrected chi connectivity index (χ3v) is 4.33. The maximum absolute atomic E-state index is 12.2. The van der Waals surface area contributed by atoms with Crippen LogP contribution in [-0.4, -0.2) is 30.3 Å². The van der Waals surface area contributed by atoms with Crippen molar-refractivity contribution in [3.8, 4) is 5.75 Å². The van der Waals surface area contributed by atoms with Crippen LogP contribution in [0.3, 0.4) is 0 Å². The second kappa shape index (κ2) is 9.66.